The Bertz CT molecular complexity index is 318. The van der Waals surface area contributed by atoms with Crippen LogP contribution in [0.5, 0.6) is 0 Å². The quantitative estimate of drug-likeness (QED) is 0.495. The molecule has 0 aliphatic carbocycles. The third-order valence-electron chi connectivity index (χ3n) is 2.37. The van der Waals surface area contributed by atoms with Crippen LogP contribution < -0.4 is 10.2 Å². The van der Waals surface area contributed by atoms with Gasteiger partial charge in [0.15, 0.2) is 0 Å². The molecule has 0 saturated heterocycles. The zero-order valence-electron chi connectivity index (χ0n) is 8.66. The minimum absolute atomic E-state index is 0.0816. The molecular weight excluding hydrogens is 200 g/mol. The van der Waals surface area contributed by atoms with Crippen molar-refractivity contribution in [2.24, 2.45) is 5.41 Å². The van der Waals surface area contributed by atoms with Gasteiger partial charge in [0.05, 0.1) is 11.9 Å². The van der Waals surface area contributed by atoms with E-state index in [1.807, 2.05) is 0 Å². The summed E-state index contributed by atoms with van der Waals surface area (Å²) >= 11 is 0. The number of Topliss-reactive ketones (excluding diaryl/α,β-unsaturated/α-hetero) is 1. The fourth-order valence-corrected chi connectivity index (χ4v) is 1.41. The molecule has 0 aliphatic rings. The summed E-state index contributed by atoms with van der Waals surface area (Å²) in [6.45, 7) is 5.76. The molecule has 0 aliphatic heterocycles. The summed E-state index contributed by atoms with van der Waals surface area (Å²) in [4.78, 5) is 32.4. The molecule has 0 fully saturated rings. The molecule has 5 nitrogen and oxygen atoms in total. The highest BCUT2D eigenvalue weighted by Crippen LogP contribution is 2.33. The van der Waals surface area contributed by atoms with Gasteiger partial charge in [-0.15, -0.1) is 0 Å². The standard InChI is InChI=1S/C10H14O5/c1-4-10(9(14)15,5-6(2)11)7(3)8(12)13/h3-5H2,1-2H3,(H,12,13)(H,14,15)/p-2. The van der Waals surface area contributed by atoms with Crippen LogP contribution in [-0.2, 0) is 14.4 Å². The van der Waals surface area contributed by atoms with E-state index < -0.39 is 35.1 Å². The first kappa shape index (κ1) is 13.4. The van der Waals surface area contributed by atoms with Gasteiger partial charge < -0.3 is 19.8 Å². The molecule has 84 valence electrons. The Morgan fingerprint density at radius 1 is 1.27 bits per heavy atom. The number of aliphatic carboxylic acids is 2. The van der Waals surface area contributed by atoms with E-state index in [0.29, 0.717) is 0 Å². The van der Waals surface area contributed by atoms with E-state index >= 15 is 0 Å². The lowest BCUT2D eigenvalue weighted by molar-refractivity contribution is -0.322. The highest BCUT2D eigenvalue weighted by atomic mass is 16.4. The zero-order chi connectivity index (χ0) is 12.2. The molecular formula is C10H12O5-2. The van der Waals surface area contributed by atoms with Crippen molar-refractivity contribution in [1.82, 2.24) is 0 Å². The van der Waals surface area contributed by atoms with E-state index in [0.717, 1.165) is 0 Å². The van der Waals surface area contributed by atoms with E-state index in [1.54, 1.807) is 0 Å². The molecule has 0 radical (unpaired) electrons. The fraction of sp³-hybridized carbons (Fsp3) is 0.500. The molecule has 1 unspecified atom stereocenters. The summed E-state index contributed by atoms with van der Waals surface area (Å²) in [6, 6.07) is 0. The van der Waals surface area contributed by atoms with E-state index in [9.17, 15) is 24.6 Å². The van der Waals surface area contributed by atoms with Gasteiger partial charge in [-0.3, -0.25) is 4.79 Å². The number of ketones is 1. The van der Waals surface area contributed by atoms with E-state index in [2.05, 4.69) is 6.58 Å². The maximum atomic E-state index is 10.9. The van der Waals surface area contributed by atoms with Crippen LogP contribution in [0.4, 0.5) is 0 Å². The normalized spacial score (nSPS) is 14.0. The second-order valence-corrected chi connectivity index (χ2v) is 3.37. The van der Waals surface area contributed by atoms with Crippen molar-refractivity contribution in [3.8, 4) is 0 Å². The van der Waals surface area contributed by atoms with Gasteiger partial charge in [-0.2, -0.15) is 0 Å². The van der Waals surface area contributed by atoms with Crippen molar-refractivity contribution in [3.63, 3.8) is 0 Å². The van der Waals surface area contributed by atoms with Gasteiger partial charge >= 0.3 is 0 Å². The van der Waals surface area contributed by atoms with Gasteiger partial charge in [-0.05, 0) is 18.9 Å². The molecule has 0 saturated carbocycles. The minimum atomic E-state index is -1.86. The second kappa shape index (κ2) is 4.72. The molecule has 1 atom stereocenters. The van der Waals surface area contributed by atoms with Crippen LogP contribution in [0.1, 0.15) is 26.7 Å². The Balaban J connectivity index is 5.34. The largest absolute Gasteiger partial charge is 0.549 e. The first-order valence-corrected chi connectivity index (χ1v) is 4.39. The third kappa shape index (κ3) is 2.65. The van der Waals surface area contributed by atoms with Gasteiger partial charge in [-0.25, -0.2) is 0 Å². The lowest BCUT2D eigenvalue weighted by Gasteiger charge is -2.35. The first-order chi connectivity index (χ1) is 6.77. The van der Waals surface area contributed by atoms with Gasteiger partial charge in [0.2, 0.25) is 0 Å². The molecule has 0 N–H and O–H groups in total. The lowest BCUT2D eigenvalue weighted by Crippen LogP contribution is -2.48. The molecule has 5 heteroatoms. The minimum Gasteiger partial charge on any atom is -0.549 e. The average molecular weight is 212 g/mol. The van der Waals surface area contributed by atoms with Crippen LogP contribution in [0.3, 0.4) is 0 Å². The smallest absolute Gasteiger partial charge is 0.131 e. The van der Waals surface area contributed by atoms with E-state index in [4.69, 9.17) is 0 Å². The fourth-order valence-electron chi connectivity index (χ4n) is 1.41. The van der Waals surface area contributed by atoms with Crippen LogP contribution in [0.2, 0.25) is 0 Å². The van der Waals surface area contributed by atoms with Crippen molar-refractivity contribution in [3.05, 3.63) is 12.2 Å². The maximum absolute atomic E-state index is 10.9. The molecule has 0 rings (SSSR count). The Kier molecular flexibility index (Phi) is 4.21. The molecule has 0 heterocycles. The van der Waals surface area contributed by atoms with E-state index in [-0.39, 0.29) is 6.42 Å². The SMILES string of the molecule is C=C(C(=O)[O-])C(CC)(CC(C)=O)C(=O)[O-]. The number of carbonyl (C=O) groups is 3. The predicted molar refractivity (Wildman–Crippen MR) is 47.2 cm³/mol. The number of hydrogen-bond donors (Lipinski definition) is 0. The molecule has 0 aromatic heterocycles. The van der Waals surface area contributed by atoms with Gasteiger partial charge in [0.25, 0.3) is 0 Å². The summed E-state index contributed by atoms with van der Waals surface area (Å²) in [5.74, 6) is -3.74. The topological polar surface area (TPSA) is 97.3 Å². The monoisotopic (exact) mass is 212 g/mol. The summed E-state index contributed by atoms with van der Waals surface area (Å²) in [6.07, 6.45) is -0.527. The van der Waals surface area contributed by atoms with Gasteiger partial charge in [0, 0.05) is 11.8 Å². The highest BCUT2D eigenvalue weighted by molar-refractivity contribution is 5.97. The predicted octanol–water partition coefficient (Wildman–Crippen LogP) is -1.58. The molecule has 15 heavy (non-hydrogen) atoms. The summed E-state index contributed by atoms with van der Waals surface area (Å²) < 4.78 is 0. The summed E-state index contributed by atoms with van der Waals surface area (Å²) in [5.41, 5.74) is -2.48. The van der Waals surface area contributed by atoms with Crippen molar-refractivity contribution in [2.45, 2.75) is 26.7 Å². The van der Waals surface area contributed by atoms with E-state index in [1.165, 1.54) is 13.8 Å². The molecule has 0 spiro atoms. The van der Waals surface area contributed by atoms with Crippen LogP contribution in [0.15, 0.2) is 12.2 Å². The Hall–Kier alpha value is -1.65. The van der Waals surface area contributed by atoms with Crippen LogP contribution >= 0.6 is 0 Å². The molecule has 0 bridgehead atoms. The number of carboxylic acids is 2. The van der Waals surface area contributed by atoms with Crippen molar-refractivity contribution < 1.29 is 24.6 Å². The number of carboxylic acid groups (broad SMARTS) is 2. The van der Waals surface area contributed by atoms with Gasteiger partial charge in [0.1, 0.15) is 5.78 Å². The van der Waals surface area contributed by atoms with Crippen LogP contribution in [0, 0.1) is 5.41 Å². The van der Waals surface area contributed by atoms with Crippen LogP contribution in [0.25, 0.3) is 0 Å². The molecule has 0 aromatic carbocycles. The maximum Gasteiger partial charge on any atom is 0.131 e. The second-order valence-electron chi connectivity index (χ2n) is 3.37. The van der Waals surface area contributed by atoms with Crippen molar-refractivity contribution >= 4 is 17.7 Å². The Morgan fingerprint density at radius 3 is 1.93 bits per heavy atom. The van der Waals surface area contributed by atoms with Crippen LogP contribution in [-0.4, -0.2) is 17.7 Å². The number of carbonyl (C=O) groups excluding carboxylic acids is 3. The zero-order valence-corrected chi connectivity index (χ0v) is 8.66. The summed E-state index contributed by atoms with van der Waals surface area (Å²) in [7, 11) is 0. The van der Waals surface area contributed by atoms with Crippen molar-refractivity contribution in [2.75, 3.05) is 0 Å². The van der Waals surface area contributed by atoms with Crippen molar-refractivity contribution in [1.29, 1.82) is 0 Å². The Morgan fingerprint density at radius 2 is 1.73 bits per heavy atom. The van der Waals surface area contributed by atoms with Gasteiger partial charge in [-0.1, -0.05) is 13.5 Å². The molecule has 0 amide bonds. The lowest BCUT2D eigenvalue weighted by atomic mass is 9.74. The highest BCUT2D eigenvalue weighted by Gasteiger charge is 2.35. The average Bonchev–Trinajstić information content (AvgIpc) is 2.12. The summed E-state index contributed by atoms with van der Waals surface area (Å²) in [5, 5.41) is 21.5. The Labute approximate surface area is 87.4 Å². The third-order valence-corrected chi connectivity index (χ3v) is 2.37. The number of hydrogen-bond acceptors (Lipinski definition) is 5. The first-order valence-electron chi connectivity index (χ1n) is 4.39. The molecule has 0 aromatic rings. The number of rotatable bonds is 6.